The van der Waals surface area contributed by atoms with Crippen LogP contribution in [0, 0.1) is 5.92 Å². The minimum Gasteiger partial charge on any atom is -0.385 e. The van der Waals surface area contributed by atoms with Crippen LogP contribution in [0.25, 0.3) is 0 Å². The van der Waals surface area contributed by atoms with Gasteiger partial charge in [-0.2, -0.15) is 0 Å². The molecule has 0 aromatic rings. The molecule has 0 bridgehead atoms. The highest BCUT2D eigenvalue weighted by molar-refractivity contribution is 7.88. The maximum Gasteiger partial charge on any atom is 0.211 e. The average Bonchev–Trinajstić information content (AvgIpc) is 2.67. The highest BCUT2D eigenvalue weighted by atomic mass is 32.2. The van der Waals surface area contributed by atoms with E-state index in [0.717, 1.165) is 77.4 Å². The van der Waals surface area contributed by atoms with E-state index in [1.54, 1.807) is 11.4 Å². The normalized spacial score (nSPS) is 21.8. The van der Waals surface area contributed by atoms with Gasteiger partial charge in [-0.05, 0) is 44.9 Å². The second-order valence-electron chi connectivity index (χ2n) is 7.93. The fourth-order valence-electron chi connectivity index (χ4n) is 3.89. The Morgan fingerprint density at radius 2 is 1.82 bits per heavy atom. The molecule has 28 heavy (non-hydrogen) atoms. The zero-order chi connectivity index (χ0) is 20.4. The van der Waals surface area contributed by atoms with Crippen LogP contribution < -0.4 is 10.6 Å². The Bertz CT molecular complexity index is 568. The van der Waals surface area contributed by atoms with Crippen molar-refractivity contribution in [3.63, 3.8) is 0 Å². The number of nitrogens with zero attached hydrogens (tertiary/aromatic N) is 3. The van der Waals surface area contributed by atoms with Gasteiger partial charge >= 0.3 is 0 Å². The number of methoxy groups -OCH3 is 1. The number of ether oxygens (including phenoxy) is 1. The predicted molar refractivity (Wildman–Crippen MR) is 114 cm³/mol. The molecule has 0 amide bonds. The van der Waals surface area contributed by atoms with Crippen LogP contribution in [-0.4, -0.2) is 95.4 Å². The summed E-state index contributed by atoms with van der Waals surface area (Å²) in [4.78, 5) is 7.31. The largest absolute Gasteiger partial charge is 0.385 e. The lowest BCUT2D eigenvalue weighted by Gasteiger charge is -2.33. The zero-order valence-corrected chi connectivity index (χ0v) is 18.6. The van der Waals surface area contributed by atoms with Crippen LogP contribution in [0.3, 0.4) is 0 Å². The van der Waals surface area contributed by atoms with Crippen molar-refractivity contribution in [2.24, 2.45) is 10.9 Å². The second-order valence-corrected chi connectivity index (χ2v) is 9.91. The van der Waals surface area contributed by atoms with Gasteiger partial charge in [-0.1, -0.05) is 0 Å². The third-order valence-corrected chi connectivity index (χ3v) is 6.95. The highest BCUT2D eigenvalue weighted by Gasteiger charge is 2.25. The van der Waals surface area contributed by atoms with E-state index in [1.165, 1.54) is 6.26 Å². The molecule has 9 heteroatoms. The molecule has 0 aromatic heterocycles. The molecule has 2 fully saturated rings. The van der Waals surface area contributed by atoms with E-state index in [0.29, 0.717) is 25.0 Å². The zero-order valence-electron chi connectivity index (χ0n) is 17.8. The number of hydrogen-bond acceptors (Lipinski definition) is 5. The van der Waals surface area contributed by atoms with Gasteiger partial charge in [0.1, 0.15) is 0 Å². The molecule has 2 aliphatic heterocycles. The van der Waals surface area contributed by atoms with Crippen molar-refractivity contribution in [2.45, 2.75) is 45.1 Å². The Balaban J connectivity index is 1.74. The molecular weight excluding hydrogens is 378 g/mol. The van der Waals surface area contributed by atoms with Gasteiger partial charge < -0.3 is 20.3 Å². The van der Waals surface area contributed by atoms with Gasteiger partial charge in [0.05, 0.1) is 6.26 Å². The molecule has 0 atom stereocenters. The molecule has 8 nitrogen and oxygen atoms in total. The number of likely N-dealkylation sites (tertiary alicyclic amines) is 1. The number of hydrogen-bond donors (Lipinski definition) is 2. The molecule has 0 spiro atoms. The van der Waals surface area contributed by atoms with Crippen LogP contribution in [0.1, 0.15) is 39.0 Å². The monoisotopic (exact) mass is 417 g/mol. The number of rotatable bonds is 9. The summed E-state index contributed by atoms with van der Waals surface area (Å²) in [6.07, 6.45) is 6.42. The van der Waals surface area contributed by atoms with E-state index >= 15 is 0 Å². The molecule has 164 valence electrons. The third kappa shape index (κ3) is 8.23. The molecule has 2 N–H and O–H groups in total. The van der Waals surface area contributed by atoms with Crippen molar-refractivity contribution in [1.82, 2.24) is 19.8 Å². The second kappa shape index (κ2) is 11.9. The van der Waals surface area contributed by atoms with Gasteiger partial charge in [0, 0.05) is 65.6 Å². The van der Waals surface area contributed by atoms with Crippen LogP contribution in [0.15, 0.2) is 4.99 Å². The number of sulfonamides is 1. The van der Waals surface area contributed by atoms with E-state index in [4.69, 9.17) is 9.73 Å². The molecule has 2 saturated heterocycles. The predicted octanol–water partition coefficient (Wildman–Crippen LogP) is 0.714. The third-order valence-electron chi connectivity index (χ3n) is 5.65. The minimum absolute atomic E-state index is 0.455. The molecule has 0 radical (unpaired) electrons. The SMILES string of the molecule is CCNC(=NCC1CCN(S(C)(=O)=O)CC1)NC1CCN(CCCOC)CC1. The fraction of sp³-hybridized carbons (Fsp3) is 0.947. The molecule has 2 aliphatic rings. The Labute approximate surface area is 171 Å². The van der Waals surface area contributed by atoms with E-state index in [1.807, 2.05) is 0 Å². The summed E-state index contributed by atoms with van der Waals surface area (Å²) >= 11 is 0. The first-order valence-electron chi connectivity index (χ1n) is 10.6. The van der Waals surface area contributed by atoms with Crippen molar-refractivity contribution >= 4 is 16.0 Å². The average molecular weight is 418 g/mol. The van der Waals surface area contributed by atoms with Crippen molar-refractivity contribution in [2.75, 3.05) is 65.8 Å². The standard InChI is InChI=1S/C19H39N5O3S/c1-4-20-19(21-16-17-6-13-24(14-7-17)28(3,25)26)22-18-8-11-23(12-9-18)10-5-15-27-2/h17-18H,4-16H2,1-3H3,(H2,20,21,22). The fourth-order valence-corrected chi connectivity index (χ4v) is 4.76. The van der Waals surface area contributed by atoms with Crippen LogP contribution in [-0.2, 0) is 14.8 Å². The number of aliphatic imine (C=N–C) groups is 1. The molecule has 0 unspecified atom stereocenters. The van der Waals surface area contributed by atoms with Crippen molar-refractivity contribution in [3.8, 4) is 0 Å². The first kappa shape index (κ1) is 23.4. The topological polar surface area (TPSA) is 86.3 Å². The number of guanidine groups is 1. The summed E-state index contributed by atoms with van der Waals surface area (Å²) < 4.78 is 30.0. The summed E-state index contributed by atoms with van der Waals surface area (Å²) in [6.45, 7) is 9.08. The minimum atomic E-state index is -3.06. The summed E-state index contributed by atoms with van der Waals surface area (Å²) in [5.41, 5.74) is 0. The Kier molecular flexibility index (Phi) is 9.98. The van der Waals surface area contributed by atoms with Crippen molar-refractivity contribution in [3.05, 3.63) is 0 Å². The van der Waals surface area contributed by atoms with E-state index in [-0.39, 0.29) is 0 Å². The highest BCUT2D eigenvalue weighted by Crippen LogP contribution is 2.19. The van der Waals surface area contributed by atoms with Crippen LogP contribution in [0.5, 0.6) is 0 Å². The van der Waals surface area contributed by atoms with Gasteiger partial charge in [0.25, 0.3) is 0 Å². The van der Waals surface area contributed by atoms with E-state index < -0.39 is 10.0 Å². The van der Waals surface area contributed by atoms with Gasteiger partial charge in [0.15, 0.2) is 5.96 Å². The Hall–Kier alpha value is -0.900. The van der Waals surface area contributed by atoms with Gasteiger partial charge in [0.2, 0.25) is 10.0 Å². The summed E-state index contributed by atoms with van der Waals surface area (Å²) in [6, 6.07) is 0.462. The van der Waals surface area contributed by atoms with E-state index in [2.05, 4.69) is 22.5 Å². The summed E-state index contributed by atoms with van der Waals surface area (Å²) in [5.74, 6) is 1.35. The van der Waals surface area contributed by atoms with Gasteiger partial charge in [-0.25, -0.2) is 12.7 Å². The lowest BCUT2D eigenvalue weighted by molar-refractivity contribution is 0.155. The molecule has 2 rings (SSSR count). The lowest BCUT2D eigenvalue weighted by atomic mass is 9.98. The Morgan fingerprint density at radius 3 is 2.39 bits per heavy atom. The molecule has 2 heterocycles. The van der Waals surface area contributed by atoms with Crippen LogP contribution in [0.4, 0.5) is 0 Å². The Morgan fingerprint density at radius 1 is 1.14 bits per heavy atom. The molecule has 0 saturated carbocycles. The van der Waals surface area contributed by atoms with Gasteiger partial charge in [-0.3, -0.25) is 4.99 Å². The summed E-state index contributed by atoms with van der Waals surface area (Å²) in [5, 5.41) is 6.96. The molecule has 0 aliphatic carbocycles. The smallest absolute Gasteiger partial charge is 0.211 e. The van der Waals surface area contributed by atoms with Gasteiger partial charge in [-0.15, -0.1) is 0 Å². The van der Waals surface area contributed by atoms with Crippen molar-refractivity contribution in [1.29, 1.82) is 0 Å². The van der Waals surface area contributed by atoms with E-state index in [9.17, 15) is 8.42 Å². The lowest BCUT2D eigenvalue weighted by Crippen LogP contribution is -2.49. The molecule has 0 aromatic carbocycles. The van der Waals surface area contributed by atoms with Crippen LogP contribution in [0.2, 0.25) is 0 Å². The maximum absolute atomic E-state index is 11.6. The van der Waals surface area contributed by atoms with Crippen molar-refractivity contribution < 1.29 is 13.2 Å². The molecular formula is C19H39N5O3S. The summed E-state index contributed by atoms with van der Waals surface area (Å²) in [7, 11) is -1.30. The quantitative estimate of drug-likeness (QED) is 0.327. The van der Waals surface area contributed by atoms with Crippen LogP contribution >= 0.6 is 0 Å². The number of piperidine rings is 2. The maximum atomic E-state index is 11.6. The number of nitrogens with one attached hydrogen (secondary N) is 2. The first-order valence-corrected chi connectivity index (χ1v) is 12.5. The first-order chi connectivity index (χ1) is 13.4.